The Bertz CT molecular complexity index is 1130. The summed E-state index contributed by atoms with van der Waals surface area (Å²) in [4.78, 5) is 79.2. The van der Waals surface area contributed by atoms with Crippen molar-refractivity contribution < 1.29 is 33.5 Å². The maximum Gasteiger partial charge on any atom is 0.328 e. The van der Waals surface area contributed by atoms with Crippen molar-refractivity contribution in [2.75, 3.05) is 26.2 Å². The summed E-state index contributed by atoms with van der Waals surface area (Å²) in [7, 11) is 0. The van der Waals surface area contributed by atoms with Crippen LogP contribution in [0.2, 0.25) is 0 Å². The van der Waals surface area contributed by atoms with Gasteiger partial charge in [-0.3, -0.25) is 19.2 Å². The Balaban J connectivity index is 1.74. The fraction of sp³-hybridized carbons (Fsp3) is 0.733. The number of likely N-dealkylation sites (tertiary alicyclic amines) is 1. The second-order valence-electron chi connectivity index (χ2n) is 13.5. The second kappa shape index (κ2) is 13.9. The minimum absolute atomic E-state index is 0.0420. The van der Waals surface area contributed by atoms with Gasteiger partial charge in [0.2, 0.25) is 17.6 Å². The van der Waals surface area contributed by atoms with Gasteiger partial charge in [0, 0.05) is 16.5 Å². The van der Waals surface area contributed by atoms with Crippen LogP contribution in [-0.2, 0) is 28.7 Å². The molecule has 6 atom stereocenters. The third-order valence-electron chi connectivity index (χ3n) is 8.45. The van der Waals surface area contributed by atoms with Crippen LogP contribution < -0.4 is 21.3 Å². The number of carbonyl (C=O) groups excluding carboxylic acids is 6. The molecule has 1 saturated heterocycles. The average Bonchev–Trinajstić information content (AvgIpc) is 3.69. The summed E-state index contributed by atoms with van der Waals surface area (Å²) >= 11 is 2.35. The van der Waals surface area contributed by atoms with E-state index in [2.05, 4.69) is 57.4 Å². The van der Waals surface area contributed by atoms with Crippen LogP contribution in [0.3, 0.4) is 0 Å². The highest BCUT2D eigenvalue weighted by Crippen LogP contribution is 2.56. The first kappa shape index (κ1) is 34.8. The lowest BCUT2D eigenvalue weighted by Gasteiger charge is -2.46. The van der Waals surface area contributed by atoms with Gasteiger partial charge in [-0.1, -0.05) is 70.2 Å². The van der Waals surface area contributed by atoms with Crippen LogP contribution in [0.4, 0.5) is 4.79 Å². The number of alkyl halides is 1. The lowest BCUT2D eigenvalue weighted by atomic mass is 9.65. The molecule has 12 nitrogen and oxygen atoms in total. The third-order valence-corrected chi connectivity index (χ3v) is 9.69. The lowest BCUT2D eigenvalue weighted by Crippen LogP contribution is -2.61. The number of rotatable bonds is 13. The molecule has 43 heavy (non-hydrogen) atoms. The molecule has 13 heteroatoms. The van der Waals surface area contributed by atoms with Gasteiger partial charge in [-0.15, -0.1) is 6.58 Å². The largest absolute Gasteiger partial charge is 0.464 e. The molecule has 0 aromatic rings. The molecule has 0 bridgehead atoms. The van der Waals surface area contributed by atoms with E-state index in [-0.39, 0.29) is 27.7 Å². The van der Waals surface area contributed by atoms with E-state index in [4.69, 9.17) is 4.74 Å². The second-order valence-corrected chi connectivity index (χ2v) is 16.0. The van der Waals surface area contributed by atoms with Crippen LogP contribution in [0.15, 0.2) is 12.7 Å². The molecule has 2 aliphatic carbocycles. The third kappa shape index (κ3) is 8.69. The number of carbonyl (C=O) groups is 6. The van der Waals surface area contributed by atoms with Gasteiger partial charge in [0.15, 0.2) is 0 Å². The Morgan fingerprint density at radius 2 is 1.74 bits per heavy atom. The summed E-state index contributed by atoms with van der Waals surface area (Å²) in [5.74, 6) is -3.06. The van der Waals surface area contributed by atoms with Crippen molar-refractivity contribution in [1.29, 1.82) is 0 Å². The SMILES string of the molecule is C=CCNC(=O)C(=O)CNC(=O)[C@@H]1[C@H]2CC(C)(I)[C@H]2CN1C(=O)[C@@H](NC(=O)N[C@H](C(=O)OCC1CC1)C(C)C)C(C)(C)C. The average molecular weight is 716 g/mol. The molecule has 0 aromatic heterocycles. The molecular formula is C30H46IN5O7. The minimum Gasteiger partial charge on any atom is -0.464 e. The smallest absolute Gasteiger partial charge is 0.328 e. The normalized spacial score (nSPS) is 25.9. The Labute approximate surface area is 267 Å². The van der Waals surface area contributed by atoms with Gasteiger partial charge in [-0.05, 0) is 48.3 Å². The summed E-state index contributed by atoms with van der Waals surface area (Å²) in [5, 5.41) is 10.4. The Kier molecular flexibility index (Phi) is 11.3. The van der Waals surface area contributed by atoms with Crippen molar-refractivity contribution in [1.82, 2.24) is 26.2 Å². The number of halogens is 1. The van der Waals surface area contributed by atoms with Gasteiger partial charge in [0.1, 0.15) is 18.1 Å². The summed E-state index contributed by atoms with van der Waals surface area (Å²) in [6.07, 6.45) is 4.19. The number of amides is 5. The van der Waals surface area contributed by atoms with Crippen LogP contribution in [0.5, 0.6) is 0 Å². The number of ketones is 1. The zero-order valence-corrected chi connectivity index (χ0v) is 28.1. The molecule has 4 N–H and O–H groups in total. The molecule has 0 radical (unpaired) electrons. The maximum absolute atomic E-state index is 14.1. The van der Waals surface area contributed by atoms with E-state index in [1.165, 1.54) is 11.0 Å². The van der Waals surface area contributed by atoms with Crippen LogP contribution in [0.25, 0.3) is 0 Å². The van der Waals surface area contributed by atoms with Gasteiger partial charge in [0.05, 0.1) is 13.2 Å². The monoisotopic (exact) mass is 715 g/mol. The molecule has 3 aliphatic rings. The zero-order chi connectivity index (χ0) is 32.3. The fourth-order valence-corrected chi connectivity index (χ4v) is 6.80. The molecule has 3 rings (SSSR count). The summed E-state index contributed by atoms with van der Waals surface area (Å²) in [6.45, 7) is 14.8. The number of nitrogens with zero attached hydrogens (tertiary/aromatic N) is 1. The van der Waals surface area contributed by atoms with Crippen molar-refractivity contribution in [2.45, 2.75) is 82.4 Å². The van der Waals surface area contributed by atoms with E-state index in [1.54, 1.807) is 13.8 Å². The van der Waals surface area contributed by atoms with Gasteiger partial charge in [-0.25, -0.2) is 9.59 Å². The fourth-order valence-electron chi connectivity index (χ4n) is 5.63. The lowest BCUT2D eigenvalue weighted by molar-refractivity contribution is -0.147. The van der Waals surface area contributed by atoms with E-state index in [0.717, 1.165) is 12.8 Å². The first-order chi connectivity index (χ1) is 20.0. The van der Waals surface area contributed by atoms with Crippen molar-refractivity contribution in [3.05, 3.63) is 12.7 Å². The number of ether oxygens (including phenoxy) is 1. The van der Waals surface area contributed by atoms with E-state index < -0.39 is 65.6 Å². The van der Waals surface area contributed by atoms with Crippen LogP contribution in [0, 0.1) is 29.1 Å². The standard InChI is InChI=1S/C30H46IN5O7/c1-8-11-32-24(38)20(37)13-33-25(39)22-18-12-30(7,31)19(18)14-36(22)26(40)23(29(4,5)6)35-28(42)34-21(16(2)3)27(41)43-15-17-9-10-17/h8,16-19,21-23H,1,9-15H2,2-7H3,(H,32,38)(H,33,39)(H2,34,35,42)/t18-,19-,21-,22-,23+,30?/m0/s1. The minimum atomic E-state index is -1.03. The van der Waals surface area contributed by atoms with Gasteiger partial charge < -0.3 is 30.9 Å². The summed E-state index contributed by atoms with van der Waals surface area (Å²) in [5.41, 5.74) is -0.746. The highest BCUT2D eigenvalue weighted by Gasteiger charge is 2.62. The Hall–Kier alpha value is -2.71. The summed E-state index contributed by atoms with van der Waals surface area (Å²) in [6, 6.07) is -3.47. The first-order valence-electron chi connectivity index (χ1n) is 14.9. The Morgan fingerprint density at radius 1 is 1.09 bits per heavy atom. The topological polar surface area (TPSA) is 163 Å². The van der Waals surface area contributed by atoms with Crippen molar-refractivity contribution in [2.24, 2.45) is 29.1 Å². The molecule has 0 spiro atoms. The van der Waals surface area contributed by atoms with Crippen LogP contribution in [-0.4, -0.2) is 88.2 Å². The van der Waals surface area contributed by atoms with E-state index in [1.807, 2.05) is 20.8 Å². The number of hydrogen-bond acceptors (Lipinski definition) is 7. The molecule has 5 amide bonds. The number of hydrogen-bond donors (Lipinski definition) is 4. The van der Waals surface area contributed by atoms with Gasteiger partial charge in [-0.2, -0.15) is 0 Å². The van der Waals surface area contributed by atoms with Gasteiger partial charge >= 0.3 is 12.0 Å². The van der Waals surface area contributed by atoms with Crippen molar-refractivity contribution in [3.63, 3.8) is 0 Å². The first-order valence-corrected chi connectivity index (χ1v) is 16.0. The summed E-state index contributed by atoms with van der Waals surface area (Å²) < 4.78 is 5.28. The molecule has 1 unspecified atom stereocenters. The highest BCUT2D eigenvalue weighted by molar-refractivity contribution is 14.1. The quantitative estimate of drug-likeness (QED) is 0.0742. The van der Waals surface area contributed by atoms with Crippen molar-refractivity contribution in [3.8, 4) is 0 Å². The van der Waals surface area contributed by atoms with Crippen LogP contribution in [0.1, 0.15) is 60.8 Å². The van der Waals surface area contributed by atoms with Gasteiger partial charge in [0.25, 0.3) is 5.91 Å². The molecular weight excluding hydrogens is 669 g/mol. The maximum atomic E-state index is 14.1. The predicted octanol–water partition coefficient (Wildman–Crippen LogP) is 1.71. The Morgan fingerprint density at radius 3 is 2.28 bits per heavy atom. The number of urea groups is 1. The molecule has 240 valence electrons. The number of esters is 1. The zero-order valence-electron chi connectivity index (χ0n) is 26.0. The van der Waals surface area contributed by atoms with Crippen LogP contribution >= 0.6 is 22.6 Å². The molecule has 1 aliphatic heterocycles. The number of Topliss-reactive ketones (excluding diaryl/α,β-unsaturated/α-hetero) is 1. The molecule has 3 fully saturated rings. The molecule has 2 saturated carbocycles. The molecule has 0 aromatic carbocycles. The highest BCUT2D eigenvalue weighted by atomic mass is 127. The van der Waals surface area contributed by atoms with Crippen molar-refractivity contribution >= 4 is 58.1 Å². The van der Waals surface area contributed by atoms with E-state index in [0.29, 0.717) is 25.5 Å². The molecule has 1 heterocycles. The predicted molar refractivity (Wildman–Crippen MR) is 168 cm³/mol. The number of fused-ring (bicyclic) bond motifs is 1. The van der Waals surface area contributed by atoms with E-state index in [9.17, 15) is 28.8 Å². The van der Waals surface area contributed by atoms with E-state index >= 15 is 0 Å². The number of nitrogens with one attached hydrogen (secondary N) is 4.